The zero-order valence-corrected chi connectivity index (χ0v) is 14.4. The van der Waals surface area contributed by atoms with Crippen LogP contribution in [0.4, 0.5) is 13.2 Å². The highest BCUT2D eigenvalue weighted by Gasteiger charge is 2.42. The summed E-state index contributed by atoms with van der Waals surface area (Å²) >= 11 is 0. The van der Waals surface area contributed by atoms with Gasteiger partial charge in [-0.1, -0.05) is 36.4 Å². The van der Waals surface area contributed by atoms with Crippen molar-refractivity contribution in [2.75, 3.05) is 0 Å². The number of rotatable bonds is 4. The molecule has 0 aliphatic heterocycles. The fourth-order valence-corrected chi connectivity index (χ4v) is 3.79. The van der Waals surface area contributed by atoms with E-state index in [1.807, 2.05) is 0 Å². The van der Waals surface area contributed by atoms with Crippen molar-refractivity contribution >= 4 is 26.9 Å². The van der Waals surface area contributed by atoms with Crippen LogP contribution in [0.15, 0.2) is 53.4 Å². The van der Waals surface area contributed by atoms with Gasteiger partial charge in [-0.15, -0.1) is 0 Å². The number of aromatic carboxylic acids is 1. The Bertz CT molecular complexity index is 1140. The maximum absolute atomic E-state index is 13.7. The number of halogens is 3. The number of fused-ring (bicyclic) bond motifs is 1. The molecule has 0 aliphatic carbocycles. The molecule has 1 aromatic heterocycles. The van der Waals surface area contributed by atoms with Crippen LogP contribution >= 0.6 is 0 Å². The number of hydrogen-bond acceptors (Lipinski definition) is 3. The largest absolute Gasteiger partial charge is 0.477 e. The molecule has 0 bridgehead atoms. The molecule has 2 aromatic carbocycles. The first-order valence-electron chi connectivity index (χ1n) is 7.54. The van der Waals surface area contributed by atoms with Gasteiger partial charge in [-0.05, 0) is 17.7 Å². The molecule has 0 amide bonds. The lowest BCUT2D eigenvalue weighted by atomic mass is 10.1. The number of carboxylic acid groups (broad SMARTS) is 1. The topological polar surface area (TPSA) is 102 Å². The second-order valence-electron chi connectivity index (χ2n) is 5.79. The maximum Gasteiger partial charge on any atom is 0.419 e. The maximum atomic E-state index is 13.7. The van der Waals surface area contributed by atoms with Crippen molar-refractivity contribution in [1.29, 1.82) is 0 Å². The van der Waals surface area contributed by atoms with Gasteiger partial charge in [-0.3, -0.25) is 0 Å². The minimum absolute atomic E-state index is 0.185. The highest BCUT2D eigenvalue weighted by atomic mass is 32.2. The lowest BCUT2D eigenvalue weighted by Gasteiger charge is -2.10. The van der Waals surface area contributed by atoms with E-state index >= 15 is 0 Å². The van der Waals surface area contributed by atoms with Crippen molar-refractivity contribution in [3.8, 4) is 0 Å². The van der Waals surface area contributed by atoms with E-state index in [0.717, 1.165) is 10.6 Å². The van der Waals surface area contributed by atoms with E-state index in [-0.39, 0.29) is 12.1 Å². The number of hydrogen-bond donors (Lipinski definition) is 2. The number of benzene rings is 2. The molecule has 0 fully saturated rings. The minimum atomic E-state index is -5.10. The molecule has 3 rings (SSSR count). The molecular formula is C17H13F3N2O4S. The zero-order valence-electron chi connectivity index (χ0n) is 13.6. The van der Waals surface area contributed by atoms with E-state index in [0.29, 0.717) is 5.56 Å². The summed E-state index contributed by atoms with van der Waals surface area (Å²) in [7, 11) is -4.52. The summed E-state index contributed by atoms with van der Waals surface area (Å²) in [6.45, 7) is -0.191. The average molecular weight is 398 g/mol. The van der Waals surface area contributed by atoms with Gasteiger partial charge in [0.25, 0.3) is 0 Å². The molecule has 10 heteroatoms. The fraction of sp³-hybridized carbons (Fsp3) is 0.118. The lowest BCUT2D eigenvalue weighted by molar-refractivity contribution is -0.137. The normalized spacial score (nSPS) is 12.4. The summed E-state index contributed by atoms with van der Waals surface area (Å²) in [5.74, 6) is -1.82. The Morgan fingerprint density at radius 2 is 1.70 bits per heavy atom. The monoisotopic (exact) mass is 398 g/mol. The van der Waals surface area contributed by atoms with Crippen LogP contribution in [0.1, 0.15) is 21.6 Å². The van der Waals surface area contributed by atoms with Crippen molar-refractivity contribution in [2.45, 2.75) is 17.6 Å². The first kappa shape index (κ1) is 18.9. The number of sulfonamides is 1. The highest BCUT2D eigenvalue weighted by molar-refractivity contribution is 7.89. The Labute approximate surface area is 151 Å². The standard InChI is InChI=1S/C17H13F3N2O4S/c18-17(19,20)14-13-11(7-4-8-12(13)27(21,25)26)22(15(14)16(23)24)9-10-5-2-1-3-6-10/h1-8H,9H2,(H,23,24)(H2,21,25,26). The van der Waals surface area contributed by atoms with Crippen LogP contribution in [-0.4, -0.2) is 24.1 Å². The Morgan fingerprint density at radius 1 is 1.07 bits per heavy atom. The Morgan fingerprint density at radius 3 is 2.22 bits per heavy atom. The van der Waals surface area contributed by atoms with Gasteiger partial charge >= 0.3 is 12.1 Å². The third kappa shape index (κ3) is 3.40. The van der Waals surface area contributed by atoms with E-state index < -0.39 is 43.7 Å². The molecule has 142 valence electrons. The number of aromatic nitrogens is 1. The summed E-state index contributed by atoms with van der Waals surface area (Å²) < 4.78 is 65.8. The first-order chi connectivity index (χ1) is 12.5. The predicted molar refractivity (Wildman–Crippen MR) is 90.8 cm³/mol. The van der Waals surface area contributed by atoms with E-state index in [1.54, 1.807) is 30.3 Å². The number of primary sulfonamides is 1. The van der Waals surface area contributed by atoms with E-state index in [1.165, 1.54) is 12.1 Å². The van der Waals surface area contributed by atoms with E-state index in [2.05, 4.69) is 0 Å². The Kier molecular flexibility index (Phi) is 4.48. The molecule has 0 spiro atoms. The van der Waals surface area contributed by atoms with E-state index in [4.69, 9.17) is 5.14 Å². The average Bonchev–Trinajstić information content (AvgIpc) is 2.89. The van der Waals surface area contributed by atoms with Gasteiger partial charge in [-0.25, -0.2) is 18.4 Å². The molecule has 1 heterocycles. The quantitative estimate of drug-likeness (QED) is 0.705. The summed E-state index contributed by atoms with van der Waals surface area (Å²) in [6, 6.07) is 11.6. The van der Waals surface area contributed by atoms with Crippen molar-refractivity contribution in [3.63, 3.8) is 0 Å². The van der Waals surface area contributed by atoms with Gasteiger partial charge in [0, 0.05) is 11.9 Å². The molecule has 0 saturated carbocycles. The number of carboxylic acids is 1. The zero-order chi connectivity index (χ0) is 20.0. The van der Waals surface area contributed by atoms with Crippen molar-refractivity contribution in [1.82, 2.24) is 4.57 Å². The molecule has 3 N–H and O–H groups in total. The number of nitrogens with zero attached hydrogens (tertiary/aromatic N) is 1. The minimum Gasteiger partial charge on any atom is -0.477 e. The smallest absolute Gasteiger partial charge is 0.419 e. The van der Waals surface area contributed by atoms with Crippen LogP contribution in [-0.2, 0) is 22.7 Å². The van der Waals surface area contributed by atoms with Gasteiger partial charge in [0.2, 0.25) is 10.0 Å². The third-order valence-electron chi connectivity index (χ3n) is 4.03. The lowest BCUT2D eigenvalue weighted by Crippen LogP contribution is -2.17. The van der Waals surface area contributed by atoms with Crippen molar-refractivity contribution in [3.05, 3.63) is 65.4 Å². The second-order valence-corrected chi connectivity index (χ2v) is 7.32. The Balaban J connectivity index is 2.49. The summed E-state index contributed by atoms with van der Waals surface area (Å²) in [5.41, 5.74) is -2.22. The first-order valence-corrected chi connectivity index (χ1v) is 9.09. The van der Waals surface area contributed by atoms with Crippen molar-refractivity contribution < 1.29 is 31.5 Å². The molecule has 0 unspecified atom stereocenters. The number of nitrogens with two attached hydrogens (primary N) is 1. The number of alkyl halides is 3. The molecule has 0 saturated heterocycles. The molecular weight excluding hydrogens is 385 g/mol. The van der Waals surface area contributed by atoms with Crippen LogP contribution in [0.2, 0.25) is 0 Å². The van der Waals surface area contributed by atoms with Crippen LogP contribution in [0, 0.1) is 0 Å². The van der Waals surface area contributed by atoms with Gasteiger partial charge < -0.3 is 9.67 Å². The highest BCUT2D eigenvalue weighted by Crippen LogP contribution is 2.42. The van der Waals surface area contributed by atoms with Gasteiger partial charge in [0.15, 0.2) is 0 Å². The molecule has 3 aromatic rings. The summed E-state index contributed by atoms with van der Waals surface area (Å²) in [6.07, 6.45) is -5.10. The van der Waals surface area contributed by atoms with Crippen molar-refractivity contribution in [2.24, 2.45) is 5.14 Å². The molecule has 0 radical (unpaired) electrons. The number of carbonyl (C=O) groups is 1. The molecule has 27 heavy (non-hydrogen) atoms. The van der Waals surface area contributed by atoms with Gasteiger partial charge in [-0.2, -0.15) is 13.2 Å². The molecule has 0 atom stereocenters. The fourth-order valence-electron chi connectivity index (χ4n) is 3.04. The van der Waals surface area contributed by atoms with Crippen LogP contribution in [0.5, 0.6) is 0 Å². The van der Waals surface area contributed by atoms with Gasteiger partial charge in [0.1, 0.15) is 5.69 Å². The SMILES string of the molecule is NS(=O)(=O)c1cccc2c1c(C(F)(F)F)c(C(=O)O)n2Cc1ccccc1. The predicted octanol–water partition coefficient (Wildman–Crippen LogP) is 3.05. The van der Waals surface area contributed by atoms with Crippen LogP contribution in [0.3, 0.4) is 0 Å². The third-order valence-corrected chi connectivity index (χ3v) is 4.98. The molecule has 0 aliphatic rings. The van der Waals surface area contributed by atoms with Gasteiger partial charge in [0.05, 0.1) is 16.0 Å². The summed E-state index contributed by atoms with van der Waals surface area (Å²) in [5, 5.41) is 13.8. The van der Waals surface area contributed by atoms with Crippen LogP contribution < -0.4 is 5.14 Å². The summed E-state index contributed by atoms with van der Waals surface area (Å²) in [4.78, 5) is 10.9. The van der Waals surface area contributed by atoms with Crippen LogP contribution in [0.25, 0.3) is 10.9 Å². The second kappa shape index (κ2) is 6.39. The Hall–Kier alpha value is -2.85. The molecule has 6 nitrogen and oxygen atoms in total. The van der Waals surface area contributed by atoms with E-state index in [9.17, 15) is 31.5 Å².